The lowest BCUT2D eigenvalue weighted by molar-refractivity contribution is 0.221. The van der Waals surface area contributed by atoms with Gasteiger partial charge in [-0.15, -0.1) is 0 Å². The smallest absolute Gasteiger partial charge is 0.129 e. The van der Waals surface area contributed by atoms with Crippen LogP contribution >= 0.6 is 11.6 Å². The number of benzene rings is 2. The highest BCUT2D eigenvalue weighted by molar-refractivity contribution is 6.31. The summed E-state index contributed by atoms with van der Waals surface area (Å²) in [6.45, 7) is 7.59. The first-order valence-corrected chi connectivity index (χ1v) is 7.66. The van der Waals surface area contributed by atoms with Crippen LogP contribution < -0.4 is 4.74 Å². The number of hydrogen-bond acceptors (Lipinski definition) is 2. The molecule has 1 atom stereocenters. The van der Waals surface area contributed by atoms with Crippen molar-refractivity contribution >= 4 is 24.0 Å². The van der Waals surface area contributed by atoms with Gasteiger partial charge in [0.05, 0.1) is 5.70 Å². The molecule has 0 saturated heterocycles. The van der Waals surface area contributed by atoms with Gasteiger partial charge in [-0.25, -0.2) is 0 Å². The molecule has 0 aliphatic rings. The average Bonchev–Trinajstić information content (AvgIpc) is 2.52. The largest absolute Gasteiger partial charge is 0.490 e. The number of ether oxygens (including phenoxy) is 1. The zero-order valence-electron chi connectivity index (χ0n) is 12.9. The van der Waals surface area contributed by atoms with Crippen LogP contribution in [0.1, 0.15) is 25.0 Å². The summed E-state index contributed by atoms with van der Waals surface area (Å²) in [5, 5.41) is 0.771. The summed E-state index contributed by atoms with van der Waals surface area (Å²) in [4.78, 5) is 4.05. The normalized spacial score (nSPS) is 12.8. The van der Waals surface area contributed by atoms with Crippen LogP contribution in [0.15, 0.2) is 59.6 Å². The third-order valence-electron chi connectivity index (χ3n) is 3.40. The summed E-state index contributed by atoms with van der Waals surface area (Å²) in [6, 6.07) is 15.7. The molecule has 1 unspecified atom stereocenters. The molecule has 114 valence electrons. The third-order valence-corrected chi connectivity index (χ3v) is 3.77. The van der Waals surface area contributed by atoms with Crippen molar-refractivity contribution in [1.29, 1.82) is 0 Å². The fourth-order valence-corrected chi connectivity index (χ4v) is 2.56. The van der Waals surface area contributed by atoms with E-state index < -0.39 is 0 Å². The Morgan fingerprint density at radius 1 is 1.23 bits per heavy atom. The molecule has 2 aromatic carbocycles. The SMILES string of the molecule is C=N/C(=C\C)c1ccccc1OC(C)Cc1ccccc1Cl. The van der Waals surface area contributed by atoms with Crippen molar-refractivity contribution in [2.24, 2.45) is 4.99 Å². The van der Waals surface area contributed by atoms with E-state index in [1.807, 2.05) is 68.5 Å². The van der Waals surface area contributed by atoms with Gasteiger partial charge in [0.2, 0.25) is 0 Å². The number of hydrogen-bond donors (Lipinski definition) is 0. The van der Waals surface area contributed by atoms with Crippen molar-refractivity contribution in [3.8, 4) is 5.75 Å². The first-order valence-electron chi connectivity index (χ1n) is 7.28. The Morgan fingerprint density at radius 2 is 1.91 bits per heavy atom. The maximum Gasteiger partial charge on any atom is 0.129 e. The zero-order chi connectivity index (χ0) is 15.9. The lowest BCUT2D eigenvalue weighted by atomic mass is 10.1. The van der Waals surface area contributed by atoms with Crippen LogP contribution in [-0.4, -0.2) is 12.8 Å². The van der Waals surface area contributed by atoms with Crippen LogP contribution in [0.2, 0.25) is 5.02 Å². The minimum Gasteiger partial charge on any atom is -0.490 e. The van der Waals surface area contributed by atoms with E-state index in [0.29, 0.717) is 0 Å². The van der Waals surface area contributed by atoms with E-state index >= 15 is 0 Å². The predicted molar refractivity (Wildman–Crippen MR) is 94.9 cm³/mol. The molecule has 0 heterocycles. The van der Waals surface area contributed by atoms with Crippen LogP contribution in [0.5, 0.6) is 5.75 Å². The van der Waals surface area contributed by atoms with E-state index in [0.717, 1.165) is 34.0 Å². The lowest BCUT2D eigenvalue weighted by Gasteiger charge is -2.18. The Labute approximate surface area is 137 Å². The summed E-state index contributed by atoms with van der Waals surface area (Å²) in [6.07, 6.45) is 2.68. The number of rotatable bonds is 6. The Hall–Kier alpha value is -2.06. The van der Waals surface area contributed by atoms with Crippen molar-refractivity contribution in [2.45, 2.75) is 26.4 Å². The number of aliphatic imine (C=N–C) groups is 1. The van der Waals surface area contributed by atoms with Gasteiger partial charge in [0.25, 0.3) is 0 Å². The van der Waals surface area contributed by atoms with Gasteiger partial charge >= 0.3 is 0 Å². The first kappa shape index (κ1) is 16.3. The molecule has 2 aromatic rings. The first-order chi connectivity index (χ1) is 10.7. The van der Waals surface area contributed by atoms with E-state index in [1.54, 1.807) is 0 Å². The fraction of sp³-hybridized carbons (Fsp3) is 0.211. The fourth-order valence-electron chi connectivity index (χ4n) is 2.35. The van der Waals surface area contributed by atoms with Crippen molar-refractivity contribution in [1.82, 2.24) is 0 Å². The van der Waals surface area contributed by atoms with Crippen molar-refractivity contribution in [2.75, 3.05) is 0 Å². The van der Waals surface area contributed by atoms with Crippen LogP contribution in [-0.2, 0) is 6.42 Å². The van der Waals surface area contributed by atoms with E-state index in [2.05, 4.69) is 11.7 Å². The third kappa shape index (κ3) is 3.99. The zero-order valence-corrected chi connectivity index (χ0v) is 13.7. The molecule has 0 N–H and O–H groups in total. The van der Waals surface area contributed by atoms with Gasteiger partial charge in [0.15, 0.2) is 0 Å². The van der Waals surface area contributed by atoms with Gasteiger partial charge in [-0.2, -0.15) is 0 Å². The molecular formula is C19H20ClNO. The van der Waals surface area contributed by atoms with E-state index in [9.17, 15) is 0 Å². The van der Waals surface area contributed by atoms with Gasteiger partial charge in [-0.1, -0.05) is 48.0 Å². The summed E-state index contributed by atoms with van der Waals surface area (Å²) < 4.78 is 6.10. The summed E-state index contributed by atoms with van der Waals surface area (Å²) in [7, 11) is 0. The Morgan fingerprint density at radius 3 is 2.59 bits per heavy atom. The predicted octanol–water partition coefficient (Wildman–Crippen LogP) is 5.41. The molecule has 22 heavy (non-hydrogen) atoms. The van der Waals surface area contributed by atoms with E-state index in [1.165, 1.54) is 0 Å². The molecule has 0 spiro atoms. The highest BCUT2D eigenvalue weighted by Crippen LogP contribution is 2.28. The van der Waals surface area contributed by atoms with Gasteiger partial charge in [0, 0.05) is 17.0 Å². The minimum absolute atomic E-state index is 0.00368. The number of allylic oxidation sites excluding steroid dienone is 1. The monoisotopic (exact) mass is 313 g/mol. The molecule has 0 amide bonds. The molecule has 0 aliphatic heterocycles. The van der Waals surface area contributed by atoms with Gasteiger partial charge in [0.1, 0.15) is 11.9 Å². The topological polar surface area (TPSA) is 21.6 Å². The lowest BCUT2D eigenvalue weighted by Crippen LogP contribution is -2.16. The standard InChI is InChI=1S/C19H20ClNO/c1-4-18(21-3)16-10-6-8-12-19(16)22-14(2)13-15-9-5-7-11-17(15)20/h4-12,14H,3,13H2,1-2H3/b18-4-. The molecule has 0 aliphatic carbocycles. The second-order valence-corrected chi connectivity index (χ2v) is 5.46. The van der Waals surface area contributed by atoms with Crippen LogP contribution in [0.3, 0.4) is 0 Å². The molecule has 3 heteroatoms. The molecule has 0 radical (unpaired) electrons. The average molecular weight is 314 g/mol. The van der Waals surface area contributed by atoms with Gasteiger partial charge in [-0.3, -0.25) is 4.99 Å². The molecule has 0 aromatic heterocycles. The summed E-state index contributed by atoms with van der Waals surface area (Å²) in [5.74, 6) is 0.808. The number of halogens is 1. The molecule has 0 fully saturated rings. The minimum atomic E-state index is 0.00368. The quantitative estimate of drug-likeness (QED) is 0.653. The Kier molecular flexibility index (Phi) is 5.79. The molecule has 2 rings (SSSR count). The molecular weight excluding hydrogens is 294 g/mol. The van der Waals surface area contributed by atoms with Crippen molar-refractivity contribution in [3.05, 3.63) is 70.8 Å². The van der Waals surface area contributed by atoms with Gasteiger partial charge in [-0.05, 0) is 44.3 Å². The maximum atomic E-state index is 6.21. The van der Waals surface area contributed by atoms with Crippen molar-refractivity contribution < 1.29 is 4.74 Å². The second-order valence-electron chi connectivity index (χ2n) is 5.05. The van der Waals surface area contributed by atoms with Gasteiger partial charge < -0.3 is 4.74 Å². The van der Waals surface area contributed by atoms with Crippen LogP contribution in [0.4, 0.5) is 0 Å². The van der Waals surface area contributed by atoms with Crippen LogP contribution in [0.25, 0.3) is 5.70 Å². The second kappa shape index (κ2) is 7.81. The number of para-hydroxylation sites is 1. The Bertz CT molecular complexity index is 679. The Balaban J connectivity index is 2.17. The molecule has 0 bridgehead atoms. The number of nitrogens with zero attached hydrogens (tertiary/aromatic N) is 1. The van der Waals surface area contributed by atoms with E-state index in [-0.39, 0.29) is 6.10 Å². The molecule has 0 saturated carbocycles. The van der Waals surface area contributed by atoms with Crippen LogP contribution in [0, 0.1) is 0 Å². The van der Waals surface area contributed by atoms with E-state index in [4.69, 9.17) is 16.3 Å². The highest BCUT2D eigenvalue weighted by Gasteiger charge is 2.12. The summed E-state index contributed by atoms with van der Waals surface area (Å²) in [5.41, 5.74) is 2.86. The summed E-state index contributed by atoms with van der Waals surface area (Å²) >= 11 is 6.21. The maximum absolute atomic E-state index is 6.21. The molecule has 2 nitrogen and oxygen atoms in total. The van der Waals surface area contributed by atoms with Crippen molar-refractivity contribution in [3.63, 3.8) is 0 Å². The highest BCUT2D eigenvalue weighted by atomic mass is 35.5.